The molecule has 2 aliphatic heterocycles. The molecule has 1 unspecified atom stereocenters. The normalized spacial score (nSPS) is 20.9. The third-order valence-electron chi connectivity index (χ3n) is 5.53. The van der Waals surface area contributed by atoms with E-state index < -0.39 is 0 Å². The van der Waals surface area contributed by atoms with Crippen LogP contribution in [0.25, 0.3) is 0 Å². The number of nitrogens with zero attached hydrogens (tertiary/aromatic N) is 3. The van der Waals surface area contributed by atoms with E-state index in [4.69, 9.17) is 0 Å². The standard InChI is InChI=1S/C20H39N5O/c1-4-21-20(23-16-19(26)25-13-9-10-14-25)22-15-18(17(2)3)24-11-7-5-6-8-12-24/h17-18H,4-16H2,1-3H3,(H2,21,22,23). The third kappa shape index (κ3) is 6.78. The lowest BCUT2D eigenvalue weighted by molar-refractivity contribution is -0.128. The van der Waals surface area contributed by atoms with Gasteiger partial charge in [0.2, 0.25) is 5.91 Å². The summed E-state index contributed by atoms with van der Waals surface area (Å²) in [4.78, 5) is 21.4. The van der Waals surface area contributed by atoms with Crippen molar-refractivity contribution >= 4 is 11.9 Å². The van der Waals surface area contributed by atoms with Gasteiger partial charge in [-0.3, -0.25) is 9.69 Å². The molecule has 2 saturated heterocycles. The average Bonchev–Trinajstić information content (AvgIpc) is 3.03. The molecule has 0 saturated carbocycles. The highest BCUT2D eigenvalue weighted by Crippen LogP contribution is 2.17. The van der Waals surface area contributed by atoms with Crippen molar-refractivity contribution in [2.75, 3.05) is 45.8 Å². The highest BCUT2D eigenvalue weighted by molar-refractivity contribution is 5.85. The molecule has 2 rings (SSSR count). The Morgan fingerprint density at radius 1 is 0.962 bits per heavy atom. The molecule has 2 N–H and O–H groups in total. The highest BCUT2D eigenvalue weighted by atomic mass is 16.2. The van der Waals surface area contributed by atoms with Crippen LogP contribution in [0.3, 0.4) is 0 Å². The number of aliphatic imine (C=N–C) groups is 1. The number of rotatable bonds is 7. The molecular weight excluding hydrogens is 326 g/mol. The number of amides is 1. The Bertz CT molecular complexity index is 437. The Labute approximate surface area is 159 Å². The summed E-state index contributed by atoms with van der Waals surface area (Å²) in [5.74, 6) is 1.50. The van der Waals surface area contributed by atoms with E-state index in [0.717, 1.165) is 45.0 Å². The van der Waals surface area contributed by atoms with Gasteiger partial charge >= 0.3 is 0 Å². The molecule has 2 fully saturated rings. The number of hydrogen-bond donors (Lipinski definition) is 2. The first kappa shape index (κ1) is 21.0. The molecule has 0 aromatic rings. The van der Waals surface area contributed by atoms with Gasteiger partial charge in [-0.2, -0.15) is 0 Å². The van der Waals surface area contributed by atoms with E-state index in [1.807, 2.05) is 4.90 Å². The highest BCUT2D eigenvalue weighted by Gasteiger charge is 2.23. The largest absolute Gasteiger partial charge is 0.357 e. The van der Waals surface area contributed by atoms with Gasteiger partial charge in [-0.05, 0) is 51.6 Å². The van der Waals surface area contributed by atoms with Crippen LogP contribution >= 0.6 is 0 Å². The maximum atomic E-state index is 12.2. The van der Waals surface area contributed by atoms with Crippen LogP contribution in [0.4, 0.5) is 0 Å². The molecule has 0 aromatic carbocycles. The molecule has 2 heterocycles. The number of nitrogens with one attached hydrogen (secondary N) is 2. The Morgan fingerprint density at radius 3 is 2.15 bits per heavy atom. The van der Waals surface area contributed by atoms with Gasteiger partial charge in [0.05, 0.1) is 0 Å². The topological polar surface area (TPSA) is 60.0 Å². The van der Waals surface area contributed by atoms with Crippen molar-refractivity contribution in [1.29, 1.82) is 0 Å². The van der Waals surface area contributed by atoms with Crippen molar-refractivity contribution in [3.63, 3.8) is 0 Å². The van der Waals surface area contributed by atoms with E-state index in [-0.39, 0.29) is 12.5 Å². The molecule has 2 aliphatic rings. The van der Waals surface area contributed by atoms with E-state index in [2.05, 4.69) is 41.3 Å². The molecule has 1 amide bonds. The Kier molecular flexibility index (Phi) is 9.23. The molecule has 0 radical (unpaired) electrons. The van der Waals surface area contributed by atoms with E-state index in [9.17, 15) is 4.79 Å². The van der Waals surface area contributed by atoms with Crippen LogP contribution in [0.5, 0.6) is 0 Å². The molecule has 26 heavy (non-hydrogen) atoms. The molecule has 0 aliphatic carbocycles. The maximum Gasteiger partial charge on any atom is 0.244 e. The Hall–Kier alpha value is -1.30. The fourth-order valence-electron chi connectivity index (χ4n) is 3.97. The number of hydrogen-bond acceptors (Lipinski definition) is 3. The maximum absolute atomic E-state index is 12.2. The van der Waals surface area contributed by atoms with Crippen molar-refractivity contribution in [2.24, 2.45) is 10.9 Å². The molecule has 1 atom stereocenters. The van der Waals surface area contributed by atoms with Crippen molar-refractivity contribution in [2.45, 2.75) is 65.3 Å². The zero-order valence-electron chi connectivity index (χ0n) is 17.1. The van der Waals surface area contributed by atoms with Gasteiger partial charge < -0.3 is 15.5 Å². The van der Waals surface area contributed by atoms with Crippen LogP contribution in [-0.2, 0) is 4.79 Å². The summed E-state index contributed by atoms with van der Waals surface area (Å²) in [5, 5.41) is 6.78. The van der Waals surface area contributed by atoms with Crippen LogP contribution < -0.4 is 10.6 Å². The zero-order valence-corrected chi connectivity index (χ0v) is 17.1. The first-order valence-electron chi connectivity index (χ1n) is 10.7. The second-order valence-electron chi connectivity index (χ2n) is 7.93. The summed E-state index contributed by atoms with van der Waals surface area (Å²) < 4.78 is 0. The van der Waals surface area contributed by atoms with Crippen LogP contribution in [-0.4, -0.2) is 73.5 Å². The number of carbonyl (C=O) groups excluding carboxylic acids is 1. The summed E-state index contributed by atoms with van der Waals surface area (Å²) in [7, 11) is 0. The monoisotopic (exact) mass is 365 g/mol. The van der Waals surface area contributed by atoms with Gasteiger partial charge in [0.25, 0.3) is 0 Å². The van der Waals surface area contributed by atoms with Crippen LogP contribution in [0, 0.1) is 5.92 Å². The fraction of sp³-hybridized carbons (Fsp3) is 0.900. The van der Waals surface area contributed by atoms with E-state index in [1.165, 1.54) is 38.8 Å². The quantitative estimate of drug-likeness (QED) is 0.536. The molecule has 0 bridgehead atoms. The summed E-state index contributed by atoms with van der Waals surface area (Å²) >= 11 is 0. The second kappa shape index (κ2) is 11.4. The van der Waals surface area contributed by atoms with Crippen LogP contribution in [0.1, 0.15) is 59.3 Å². The second-order valence-corrected chi connectivity index (χ2v) is 7.93. The van der Waals surface area contributed by atoms with Crippen molar-refractivity contribution in [3.8, 4) is 0 Å². The predicted molar refractivity (Wildman–Crippen MR) is 108 cm³/mol. The zero-order chi connectivity index (χ0) is 18.8. The third-order valence-corrected chi connectivity index (χ3v) is 5.53. The van der Waals surface area contributed by atoms with Gasteiger partial charge in [0.1, 0.15) is 6.54 Å². The molecule has 0 aromatic heterocycles. The molecule has 0 spiro atoms. The first-order chi connectivity index (χ1) is 12.6. The number of likely N-dealkylation sites (tertiary alicyclic amines) is 2. The Morgan fingerprint density at radius 2 is 1.58 bits per heavy atom. The minimum Gasteiger partial charge on any atom is -0.357 e. The van der Waals surface area contributed by atoms with Crippen molar-refractivity contribution < 1.29 is 4.79 Å². The van der Waals surface area contributed by atoms with Crippen molar-refractivity contribution in [3.05, 3.63) is 0 Å². The first-order valence-corrected chi connectivity index (χ1v) is 10.7. The van der Waals surface area contributed by atoms with Gasteiger partial charge in [0, 0.05) is 32.2 Å². The summed E-state index contributed by atoms with van der Waals surface area (Å²) in [6, 6.07) is 0.506. The van der Waals surface area contributed by atoms with Crippen LogP contribution in [0.15, 0.2) is 4.99 Å². The number of carbonyl (C=O) groups is 1. The van der Waals surface area contributed by atoms with Crippen molar-refractivity contribution in [1.82, 2.24) is 20.4 Å². The van der Waals surface area contributed by atoms with Gasteiger partial charge in [-0.15, -0.1) is 0 Å². The predicted octanol–water partition coefficient (Wildman–Crippen LogP) is 2.06. The number of guanidine groups is 1. The lowest BCUT2D eigenvalue weighted by Crippen LogP contribution is -2.50. The summed E-state index contributed by atoms with van der Waals surface area (Å²) in [6.45, 7) is 12.8. The van der Waals surface area contributed by atoms with E-state index in [1.54, 1.807) is 0 Å². The minimum absolute atomic E-state index is 0.146. The summed E-state index contributed by atoms with van der Waals surface area (Å²) in [5.41, 5.74) is 0. The lowest BCUT2D eigenvalue weighted by Gasteiger charge is -2.34. The van der Waals surface area contributed by atoms with E-state index >= 15 is 0 Å². The molecule has 150 valence electrons. The SMILES string of the molecule is CCNC(=NCC(=O)N1CCCC1)NCC(C(C)C)N1CCCCCC1. The molecular formula is C20H39N5O. The van der Waals surface area contributed by atoms with E-state index in [0.29, 0.717) is 12.0 Å². The van der Waals surface area contributed by atoms with Crippen LogP contribution in [0.2, 0.25) is 0 Å². The molecule has 6 heteroatoms. The van der Waals surface area contributed by atoms with Gasteiger partial charge in [-0.1, -0.05) is 26.7 Å². The minimum atomic E-state index is 0.146. The lowest BCUT2D eigenvalue weighted by atomic mass is 10.0. The van der Waals surface area contributed by atoms with Gasteiger partial charge in [-0.25, -0.2) is 4.99 Å². The average molecular weight is 366 g/mol. The Balaban J connectivity index is 1.89. The smallest absolute Gasteiger partial charge is 0.244 e. The molecule has 6 nitrogen and oxygen atoms in total. The fourth-order valence-corrected chi connectivity index (χ4v) is 3.97. The van der Waals surface area contributed by atoms with Gasteiger partial charge in [0.15, 0.2) is 5.96 Å². The summed E-state index contributed by atoms with van der Waals surface area (Å²) in [6.07, 6.45) is 7.58.